The summed E-state index contributed by atoms with van der Waals surface area (Å²) in [6.45, 7) is 5.24. The van der Waals surface area contributed by atoms with Gasteiger partial charge in [0.2, 0.25) is 0 Å². The minimum atomic E-state index is 0.0653. The van der Waals surface area contributed by atoms with Crippen molar-refractivity contribution in [2.24, 2.45) is 0 Å². The lowest BCUT2D eigenvalue weighted by molar-refractivity contribution is -0.0249. The summed E-state index contributed by atoms with van der Waals surface area (Å²) >= 11 is 0. The number of hydrogen-bond acceptors (Lipinski definition) is 3. The van der Waals surface area contributed by atoms with Gasteiger partial charge in [0.05, 0.1) is 31.6 Å². The molecule has 1 fully saturated rings. The number of ether oxygens (including phenoxy) is 1. The summed E-state index contributed by atoms with van der Waals surface area (Å²) in [5, 5.41) is 0. The van der Waals surface area contributed by atoms with E-state index in [1.807, 2.05) is 53.8 Å². The maximum Gasteiger partial charge on any atom is 0.254 e. The summed E-state index contributed by atoms with van der Waals surface area (Å²) in [5.41, 5.74) is 1.70. The first-order valence-electron chi connectivity index (χ1n) is 7.15. The van der Waals surface area contributed by atoms with Gasteiger partial charge in [0.1, 0.15) is 0 Å². The molecule has 5 heteroatoms. The normalized spacial score (nSPS) is 22.3. The summed E-state index contributed by atoms with van der Waals surface area (Å²) in [6, 6.07) is 7.82. The molecule has 1 aliphatic heterocycles. The second-order valence-electron chi connectivity index (χ2n) is 5.46. The largest absolute Gasteiger partial charge is 0.377 e. The molecule has 1 saturated heterocycles. The fourth-order valence-corrected chi connectivity index (χ4v) is 2.74. The molecule has 0 N–H and O–H groups in total. The van der Waals surface area contributed by atoms with Gasteiger partial charge in [-0.25, -0.2) is 4.98 Å². The number of morpholine rings is 1. The van der Waals surface area contributed by atoms with Crippen molar-refractivity contribution < 1.29 is 9.53 Å². The standard InChI is InChI=1S/C16H19N3O2/c1-12-9-21-10-13(2)19(12)16(20)14-3-5-15(6-4-14)18-8-7-17-11-18/h3-8,11-13H,9-10H2,1-2H3. The third-order valence-electron chi connectivity index (χ3n) is 3.82. The van der Waals surface area contributed by atoms with Crippen molar-refractivity contribution in [3.8, 4) is 5.69 Å². The molecule has 2 atom stereocenters. The molecule has 0 aliphatic carbocycles. The van der Waals surface area contributed by atoms with Crippen LogP contribution in [0.5, 0.6) is 0 Å². The van der Waals surface area contributed by atoms with Gasteiger partial charge < -0.3 is 14.2 Å². The lowest BCUT2D eigenvalue weighted by atomic mass is 10.1. The highest BCUT2D eigenvalue weighted by molar-refractivity contribution is 5.94. The molecule has 3 rings (SSSR count). The molecule has 0 saturated carbocycles. The Morgan fingerprint density at radius 1 is 1.19 bits per heavy atom. The zero-order valence-corrected chi connectivity index (χ0v) is 12.3. The molecule has 110 valence electrons. The van der Waals surface area contributed by atoms with Crippen molar-refractivity contribution in [2.45, 2.75) is 25.9 Å². The van der Waals surface area contributed by atoms with E-state index in [0.29, 0.717) is 18.8 Å². The minimum Gasteiger partial charge on any atom is -0.377 e. The number of carbonyl (C=O) groups is 1. The van der Waals surface area contributed by atoms with Crippen LogP contribution in [0.1, 0.15) is 24.2 Å². The number of aromatic nitrogens is 2. The van der Waals surface area contributed by atoms with Crippen LogP contribution >= 0.6 is 0 Å². The molecule has 2 aromatic rings. The van der Waals surface area contributed by atoms with Crippen LogP contribution in [0.25, 0.3) is 5.69 Å². The Kier molecular flexibility index (Phi) is 3.75. The Bertz CT molecular complexity index is 597. The van der Waals surface area contributed by atoms with Gasteiger partial charge in [0, 0.05) is 23.6 Å². The molecule has 0 bridgehead atoms. The zero-order valence-electron chi connectivity index (χ0n) is 12.3. The van der Waals surface area contributed by atoms with Gasteiger partial charge in [-0.3, -0.25) is 4.79 Å². The first kappa shape index (κ1) is 13.8. The highest BCUT2D eigenvalue weighted by Crippen LogP contribution is 2.18. The Morgan fingerprint density at radius 3 is 2.43 bits per heavy atom. The fraction of sp³-hybridized carbons (Fsp3) is 0.375. The average molecular weight is 285 g/mol. The van der Waals surface area contributed by atoms with Crippen LogP contribution < -0.4 is 0 Å². The van der Waals surface area contributed by atoms with E-state index in [1.165, 1.54) is 0 Å². The van der Waals surface area contributed by atoms with Crippen LogP contribution in [-0.4, -0.2) is 45.7 Å². The molecule has 1 aromatic carbocycles. The molecule has 2 heterocycles. The molecule has 1 amide bonds. The number of carbonyl (C=O) groups excluding carboxylic acids is 1. The second kappa shape index (κ2) is 5.69. The van der Waals surface area contributed by atoms with Gasteiger partial charge in [0.15, 0.2) is 0 Å². The van der Waals surface area contributed by atoms with E-state index < -0.39 is 0 Å². The Hall–Kier alpha value is -2.14. The van der Waals surface area contributed by atoms with Crippen LogP contribution in [0.3, 0.4) is 0 Å². The number of imidazole rings is 1. The van der Waals surface area contributed by atoms with Gasteiger partial charge in [-0.15, -0.1) is 0 Å². The number of amides is 1. The van der Waals surface area contributed by atoms with Crippen molar-refractivity contribution in [1.82, 2.24) is 14.5 Å². The molecule has 0 spiro atoms. The number of benzene rings is 1. The van der Waals surface area contributed by atoms with E-state index in [9.17, 15) is 4.79 Å². The lowest BCUT2D eigenvalue weighted by Gasteiger charge is -2.38. The molecule has 1 aromatic heterocycles. The molecular weight excluding hydrogens is 266 g/mol. The number of hydrogen-bond donors (Lipinski definition) is 0. The summed E-state index contributed by atoms with van der Waals surface area (Å²) in [6.07, 6.45) is 5.35. The maximum atomic E-state index is 12.7. The van der Waals surface area contributed by atoms with Crippen LogP contribution in [0.4, 0.5) is 0 Å². The average Bonchev–Trinajstić information content (AvgIpc) is 3.01. The summed E-state index contributed by atoms with van der Waals surface area (Å²) < 4.78 is 7.39. The first-order chi connectivity index (χ1) is 10.2. The number of nitrogens with zero attached hydrogens (tertiary/aromatic N) is 3. The van der Waals surface area contributed by atoms with E-state index >= 15 is 0 Å². The smallest absolute Gasteiger partial charge is 0.254 e. The summed E-state index contributed by atoms with van der Waals surface area (Å²) in [5.74, 6) is 0.0653. The number of rotatable bonds is 2. The van der Waals surface area contributed by atoms with Crippen LogP contribution in [0, 0.1) is 0 Å². The monoisotopic (exact) mass is 285 g/mol. The molecular formula is C16H19N3O2. The van der Waals surface area contributed by atoms with Crippen LogP contribution in [0.2, 0.25) is 0 Å². The second-order valence-corrected chi connectivity index (χ2v) is 5.46. The molecule has 5 nitrogen and oxygen atoms in total. The van der Waals surface area contributed by atoms with E-state index in [4.69, 9.17) is 4.74 Å². The highest BCUT2D eigenvalue weighted by Gasteiger charge is 2.30. The van der Waals surface area contributed by atoms with Crippen LogP contribution in [0.15, 0.2) is 43.0 Å². The van der Waals surface area contributed by atoms with Crippen molar-refractivity contribution in [2.75, 3.05) is 13.2 Å². The predicted octanol–water partition coefficient (Wildman–Crippen LogP) is 2.12. The molecule has 0 radical (unpaired) electrons. The zero-order chi connectivity index (χ0) is 14.8. The summed E-state index contributed by atoms with van der Waals surface area (Å²) in [4.78, 5) is 18.6. The van der Waals surface area contributed by atoms with Crippen molar-refractivity contribution in [1.29, 1.82) is 0 Å². The Balaban J connectivity index is 1.81. The van der Waals surface area contributed by atoms with Gasteiger partial charge in [0.25, 0.3) is 5.91 Å². The molecule has 1 aliphatic rings. The summed E-state index contributed by atoms with van der Waals surface area (Å²) in [7, 11) is 0. The maximum absolute atomic E-state index is 12.7. The molecule has 21 heavy (non-hydrogen) atoms. The Labute approximate surface area is 124 Å². The van der Waals surface area contributed by atoms with Gasteiger partial charge in [-0.05, 0) is 38.1 Å². The molecule has 2 unspecified atom stereocenters. The van der Waals surface area contributed by atoms with Crippen molar-refractivity contribution in [3.05, 3.63) is 48.5 Å². The van der Waals surface area contributed by atoms with E-state index in [1.54, 1.807) is 12.5 Å². The van der Waals surface area contributed by atoms with Gasteiger partial charge in [-0.1, -0.05) is 0 Å². The lowest BCUT2D eigenvalue weighted by Crippen LogP contribution is -2.52. The third kappa shape index (κ3) is 2.69. The van der Waals surface area contributed by atoms with Crippen LogP contribution in [-0.2, 0) is 4.74 Å². The highest BCUT2D eigenvalue weighted by atomic mass is 16.5. The predicted molar refractivity (Wildman–Crippen MR) is 79.5 cm³/mol. The topological polar surface area (TPSA) is 47.4 Å². The minimum absolute atomic E-state index is 0.0653. The quantitative estimate of drug-likeness (QED) is 0.849. The first-order valence-corrected chi connectivity index (χ1v) is 7.15. The van der Waals surface area contributed by atoms with Crippen molar-refractivity contribution >= 4 is 5.91 Å². The van der Waals surface area contributed by atoms with Gasteiger partial charge in [-0.2, -0.15) is 0 Å². The van der Waals surface area contributed by atoms with Gasteiger partial charge >= 0.3 is 0 Å². The fourth-order valence-electron chi connectivity index (χ4n) is 2.74. The van der Waals surface area contributed by atoms with E-state index in [2.05, 4.69) is 4.98 Å². The third-order valence-corrected chi connectivity index (χ3v) is 3.82. The van der Waals surface area contributed by atoms with E-state index in [-0.39, 0.29) is 18.0 Å². The van der Waals surface area contributed by atoms with Crippen molar-refractivity contribution in [3.63, 3.8) is 0 Å². The SMILES string of the molecule is CC1COCC(C)N1C(=O)c1ccc(-n2ccnc2)cc1. The Morgan fingerprint density at radius 2 is 1.86 bits per heavy atom. The van der Waals surface area contributed by atoms with E-state index in [0.717, 1.165) is 5.69 Å².